The second-order valence-electron chi connectivity index (χ2n) is 5.98. The molecule has 3 aromatic rings. The summed E-state index contributed by atoms with van der Waals surface area (Å²) in [5.41, 5.74) is 2.03. The van der Waals surface area contributed by atoms with Crippen molar-refractivity contribution in [3.8, 4) is 5.75 Å². The smallest absolute Gasteiger partial charge is 0.387 e. The molecule has 5 nitrogen and oxygen atoms in total. The molecule has 2 heterocycles. The quantitative estimate of drug-likeness (QED) is 0.718. The number of hydrogen-bond acceptors (Lipinski definition) is 4. The normalized spacial score (nSPS) is 19.1. The molecule has 2 atom stereocenters. The van der Waals surface area contributed by atoms with Gasteiger partial charge in [-0.2, -0.15) is 18.9 Å². The van der Waals surface area contributed by atoms with E-state index in [1.807, 2.05) is 24.3 Å². The summed E-state index contributed by atoms with van der Waals surface area (Å²) in [4.78, 5) is 4.27. The standard InChI is InChI=1S/C18H15ClF2N4O/c19-13-5-1-11(2-6-13)15-9-16(25-18(24-15)22-10-23-25)12-3-7-14(8-4-12)26-17(20)21/h1-8,10,15-17H,9H2,(H,22,23,24). The van der Waals surface area contributed by atoms with Crippen LogP contribution in [0, 0.1) is 0 Å². The Morgan fingerprint density at radius 2 is 1.77 bits per heavy atom. The van der Waals surface area contributed by atoms with Crippen LogP contribution in [0.15, 0.2) is 54.9 Å². The molecule has 1 aliphatic heterocycles. The molecule has 1 aromatic heterocycles. The number of alkyl halides is 2. The van der Waals surface area contributed by atoms with Gasteiger partial charge in [-0.15, -0.1) is 0 Å². The monoisotopic (exact) mass is 376 g/mol. The van der Waals surface area contributed by atoms with Crippen LogP contribution in [0.25, 0.3) is 0 Å². The van der Waals surface area contributed by atoms with E-state index in [0.717, 1.165) is 17.5 Å². The lowest BCUT2D eigenvalue weighted by Gasteiger charge is -2.32. The SMILES string of the molecule is FC(F)Oc1ccc(C2CC(c3ccc(Cl)cc3)Nc3ncnn32)cc1. The number of benzene rings is 2. The van der Waals surface area contributed by atoms with Crippen molar-refractivity contribution in [3.63, 3.8) is 0 Å². The molecule has 2 unspecified atom stereocenters. The third-order valence-corrected chi connectivity index (χ3v) is 4.64. The third-order valence-electron chi connectivity index (χ3n) is 4.39. The fourth-order valence-electron chi connectivity index (χ4n) is 3.18. The number of nitrogens with zero attached hydrogens (tertiary/aromatic N) is 3. The van der Waals surface area contributed by atoms with Gasteiger partial charge in [-0.3, -0.25) is 0 Å². The Kier molecular flexibility index (Phi) is 4.46. The van der Waals surface area contributed by atoms with Gasteiger partial charge in [0.15, 0.2) is 0 Å². The maximum Gasteiger partial charge on any atom is 0.387 e. The summed E-state index contributed by atoms with van der Waals surface area (Å²) in [6.07, 6.45) is 2.22. The lowest BCUT2D eigenvalue weighted by Crippen LogP contribution is -2.28. The maximum atomic E-state index is 12.3. The lowest BCUT2D eigenvalue weighted by molar-refractivity contribution is -0.0498. The van der Waals surface area contributed by atoms with Gasteiger partial charge in [0, 0.05) is 5.02 Å². The highest BCUT2D eigenvalue weighted by molar-refractivity contribution is 6.30. The van der Waals surface area contributed by atoms with E-state index >= 15 is 0 Å². The third kappa shape index (κ3) is 3.35. The van der Waals surface area contributed by atoms with Crippen LogP contribution in [-0.2, 0) is 0 Å². The number of rotatable bonds is 4. The van der Waals surface area contributed by atoms with Gasteiger partial charge in [0.25, 0.3) is 0 Å². The zero-order chi connectivity index (χ0) is 18.1. The van der Waals surface area contributed by atoms with Crippen LogP contribution < -0.4 is 10.1 Å². The number of hydrogen-bond donors (Lipinski definition) is 1. The molecular weight excluding hydrogens is 362 g/mol. The topological polar surface area (TPSA) is 52.0 Å². The largest absolute Gasteiger partial charge is 0.435 e. The fraction of sp³-hybridized carbons (Fsp3) is 0.222. The number of fused-ring (bicyclic) bond motifs is 1. The van der Waals surface area contributed by atoms with Crippen molar-refractivity contribution >= 4 is 17.5 Å². The summed E-state index contributed by atoms with van der Waals surface area (Å²) < 4.78 is 30.9. The molecule has 2 aromatic carbocycles. The molecule has 0 fully saturated rings. The van der Waals surface area contributed by atoms with Gasteiger partial charge in [0.05, 0.1) is 12.1 Å². The minimum absolute atomic E-state index is 0.0333. The molecule has 26 heavy (non-hydrogen) atoms. The molecule has 0 bridgehead atoms. The first-order chi connectivity index (χ1) is 12.6. The van der Waals surface area contributed by atoms with Gasteiger partial charge in [0.2, 0.25) is 5.95 Å². The fourth-order valence-corrected chi connectivity index (χ4v) is 3.31. The first kappa shape index (κ1) is 16.8. The van der Waals surface area contributed by atoms with Crippen LogP contribution in [0.3, 0.4) is 0 Å². The van der Waals surface area contributed by atoms with E-state index in [9.17, 15) is 8.78 Å². The molecular formula is C18H15ClF2N4O. The van der Waals surface area contributed by atoms with E-state index in [1.54, 1.807) is 16.8 Å². The zero-order valence-corrected chi connectivity index (χ0v) is 14.3. The minimum atomic E-state index is -2.84. The van der Waals surface area contributed by atoms with Crippen LogP contribution >= 0.6 is 11.6 Å². The van der Waals surface area contributed by atoms with Gasteiger partial charge in [0.1, 0.15) is 12.1 Å². The molecule has 0 saturated carbocycles. The molecule has 1 aliphatic rings. The first-order valence-electron chi connectivity index (χ1n) is 8.06. The molecule has 0 amide bonds. The van der Waals surface area contributed by atoms with Gasteiger partial charge >= 0.3 is 6.61 Å². The lowest BCUT2D eigenvalue weighted by atomic mass is 9.93. The Morgan fingerprint density at radius 1 is 1.08 bits per heavy atom. The zero-order valence-electron chi connectivity index (χ0n) is 13.5. The first-order valence-corrected chi connectivity index (χ1v) is 8.44. The highest BCUT2D eigenvalue weighted by Gasteiger charge is 2.29. The van der Waals surface area contributed by atoms with E-state index < -0.39 is 6.61 Å². The van der Waals surface area contributed by atoms with Crippen molar-refractivity contribution in [3.05, 3.63) is 71.0 Å². The predicted molar refractivity (Wildman–Crippen MR) is 93.7 cm³/mol. The van der Waals surface area contributed by atoms with Crippen LogP contribution in [0.4, 0.5) is 14.7 Å². The van der Waals surface area contributed by atoms with Crippen LogP contribution in [0.2, 0.25) is 5.02 Å². The van der Waals surface area contributed by atoms with E-state index in [1.165, 1.54) is 18.5 Å². The Balaban J connectivity index is 1.63. The molecule has 8 heteroatoms. The van der Waals surface area contributed by atoms with Crippen molar-refractivity contribution in [2.75, 3.05) is 5.32 Å². The molecule has 0 saturated heterocycles. The van der Waals surface area contributed by atoms with Crippen molar-refractivity contribution in [1.82, 2.24) is 14.8 Å². The summed E-state index contributed by atoms with van der Waals surface area (Å²) >= 11 is 5.98. The molecule has 1 N–H and O–H groups in total. The van der Waals surface area contributed by atoms with Gasteiger partial charge in [-0.1, -0.05) is 35.9 Å². The molecule has 134 valence electrons. The van der Waals surface area contributed by atoms with Crippen LogP contribution in [0.1, 0.15) is 29.6 Å². The Bertz CT molecular complexity index is 883. The highest BCUT2D eigenvalue weighted by Crippen LogP contribution is 2.37. The number of halogens is 3. The van der Waals surface area contributed by atoms with Crippen molar-refractivity contribution < 1.29 is 13.5 Å². The van der Waals surface area contributed by atoms with E-state index in [4.69, 9.17) is 11.6 Å². The van der Waals surface area contributed by atoms with Crippen LogP contribution in [0.5, 0.6) is 5.75 Å². The second kappa shape index (κ2) is 6.92. The summed E-state index contributed by atoms with van der Waals surface area (Å²) in [5.74, 6) is 0.792. The van der Waals surface area contributed by atoms with Crippen molar-refractivity contribution in [2.24, 2.45) is 0 Å². The Labute approximate surface area is 153 Å². The molecule has 0 radical (unpaired) electrons. The highest BCUT2D eigenvalue weighted by atomic mass is 35.5. The van der Waals surface area contributed by atoms with Gasteiger partial charge < -0.3 is 10.1 Å². The average Bonchev–Trinajstić information content (AvgIpc) is 3.10. The average molecular weight is 377 g/mol. The van der Waals surface area contributed by atoms with E-state index in [2.05, 4.69) is 20.1 Å². The summed E-state index contributed by atoms with van der Waals surface area (Å²) in [7, 11) is 0. The summed E-state index contributed by atoms with van der Waals surface area (Å²) in [6, 6.07) is 14.2. The Hall–Kier alpha value is -2.67. The van der Waals surface area contributed by atoms with Crippen LogP contribution in [-0.4, -0.2) is 21.4 Å². The maximum absolute atomic E-state index is 12.3. The Morgan fingerprint density at radius 3 is 2.46 bits per heavy atom. The minimum Gasteiger partial charge on any atom is -0.435 e. The van der Waals surface area contributed by atoms with E-state index in [0.29, 0.717) is 11.0 Å². The molecule has 4 rings (SSSR count). The van der Waals surface area contributed by atoms with E-state index in [-0.39, 0.29) is 17.8 Å². The van der Waals surface area contributed by atoms with Gasteiger partial charge in [-0.05, 0) is 41.8 Å². The van der Waals surface area contributed by atoms with Crippen molar-refractivity contribution in [2.45, 2.75) is 25.1 Å². The van der Waals surface area contributed by atoms with Crippen molar-refractivity contribution in [1.29, 1.82) is 0 Å². The number of ether oxygens (including phenoxy) is 1. The predicted octanol–water partition coefficient (Wildman–Crippen LogP) is 4.68. The summed E-state index contributed by atoms with van der Waals surface area (Å²) in [6.45, 7) is -2.84. The number of nitrogens with one attached hydrogen (secondary N) is 1. The number of aromatic nitrogens is 3. The molecule has 0 aliphatic carbocycles. The summed E-state index contributed by atoms with van der Waals surface area (Å²) in [5, 5.41) is 8.35. The number of anilines is 1. The van der Waals surface area contributed by atoms with Gasteiger partial charge in [-0.25, -0.2) is 4.68 Å². The second-order valence-corrected chi connectivity index (χ2v) is 6.41. The molecule has 0 spiro atoms.